The molecule has 3 N–H and O–H groups in total. The summed E-state index contributed by atoms with van der Waals surface area (Å²) in [5.41, 5.74) is 0.610. The lowest BCUT2D eigenvalue weighted by molar-refractivity contribution is -0.137. The van der Waals surface area contributed by atoms with Gasteiger partial charge in [-0.1, -0.05) is 48.5 Å². The van der Waals surface area contributed by atoms with E-state index in [0.29, 0.717) is 25.1 Å². The molecule has 160 valence electrons. The van der Waals surface area contributed by atoms with Crippen LogP contribution in [0.3, 0.4) is 0 Å². The molecule has 2 aromatic carbocycles. The molecule has 1 aliphatic heterocycles. The van der Waals surface area contributed by atoms with Crippen LogP contribution in [0.2, 0.25) is 0 Å². The molecule has 0 saturated carbocycles. The molecule has 8 heteroatoms. The lowest BCUT2D eigenvalue weighted by Crippen LogP contribution is -2.49. The lowest BCUT2D eigenvalue weighted by atomic mass is 9.87. The second-order valence-corrected chi connectivity index (χ2v) is 7.36. The van der Waals surface area contributed by atoms with Crippen LogP contribution in [0.25, 0.3) is 0 Å². The molecule has 30 heavy (non-hydrogen) atoms. The van der Waals surface area contributed by atoms with Crippen LogP contribution in [0.1, 0.15) is 22.6 Å². The molecular formula is C22H24F3N3O2. The van der Waals surface area contributed by atoms with Crippen LogP contribution in [0.4, 0.5) is 13.2 Å². The molecule has 0 bridgehead atoms. The average Bonchev–Trinajstić information content (AvgIpc) is 3.23. The van der Waals surface area contributed by atoms with E-state index in [-0.39, 0.29) is 11.8 Å². The number of carbonyl (C=O) groups is 2. The Bertz CT molecular complexity index is 887. The number of halogens is 3. The van der Waals surface area contributed by atoms with Crippen molar-refractivity contribution in [2.45, 2.75) is 24.6 Å². The normalized spacial score (nSPS) is 19.9. The predicted octanol–water partition coefficient (Wildman–Crippen LogP) is 2.48. The topological polar surface area (TPSA) is 70.2 Å². The van der Waals surface area contributed by atoms with Crippen LogP contribution in [0.15, 0.2) is 54.6 Å². The third-order valence-corrected chi connectivity index (χ3v) is 5.36. The van der Waals surface area contributed by atoms with Crippen LogP contribution >= 0.6 is 0 Å². The monoisotopic (exact) mass is 419 g/mol. The van der Waals surface area contributed by atoms with Gasteiger partial charge in [0.15, 0.2) is 0 Å². The Morgan fingerprint density at radius 2 is 1.83 bits per heavy atom. The lowest BCUT2D eigenvalue weighted by Gasteiger charge is -2.23. The summed E-state index contributed by atoms with van der Waals surface area (Å²) < 4.78 is 39.2. The van der Waals surface area contributed by atoms with E-state index in [4.69, 9.17) is 0 Å². The van der Waals surface area contributed by atoms with Gasteiger partial charge in [0.2, 0.25) is 11.8 Å². The summed E-state index contributed by atoms with van der Waals surface area (Å²) in [4.78, 5) is 25.3. The highest BCUT2D eigenvalue weighted by Gasteiger charge is 2.37. The van der Waals surface area contributed by atoms with Gasteiger partial charge in [0.1, 0.15) is 6.04 Å². The first-order chi connectivity index (χ1) is 14.3. The van der Waals surface area contributed by atoms with Gasteiger partial charge in [-0.15, -0.1) is 0 Å². The zero-order valence-electron chi connectivity index (χ0n) is 16.5. The minimum Gasteiger partial charge on any atom is -0.357 e. The summed E-state index contributed by atoms with van der Waals surface area (Å²) in [6.45, 7) is 0.723. The number of benzene rings is 2. The molecule has 2 aromatic rings. The molecule has 0 radical (unpaired) electrons. The van der Waals surface area contributed by atoms with Crippen molar-refractivity contribution in [3.05, 3.63) is 71.3 Å². The van der Waals surface area contributed by atoms with Crippen LogP contribution in [-0.4, -0.2) is 38.0 Å². The van der Waals surface area contributed by atoms with E-state index in [2.05, 4.69) is 16.0 Å². The number of alkyl halides is 3. The second-order valence-electron chi connectivity index (χ2n) is 7.36. The van der Waals surface area contributed by atoms with E-state index < -0.39 is 29.6 Å². The highest BCUT2D eigenvalue weighted by atomic mass is 19.4. The SMILES string of the molecule is CNC(=O)[C@@H](Cc1ccccc1)NC(=O)[C@@H]1CNC[C@H]1c1cccc(C(F)(F)F)c1. The van der Waals surface area contributed by atoms with Gasteiger partial charge in [0.05, 0.1) is 11.5 Å². The van der Waals surface area contributed by atoms with Crippen molar-refractivity contribution in [2.75, 3.05) is 20.1 Å². The average molecular weight is 419 g/mol. The molecule has 2 amide bonds. The third-order valence-electron chi connectivity index (χ3n) is 5.36. The maximum Gasteiger partial charge on any atom is 0.416 e. The number of nitrogens with one attached hydrogen (secondary N) is 3. The van der Waals surface area contributed by atoms with Crippen molar-refractivity contribution in [3.8, 4) is 0 Å². The maximum absolute atomic E-state index is 13.1. The van der Waals surface area contributed by atoms with E-state index in [9.17, 15) is 22.8 Å². The summed E-state index contributed by atoms with van der Waals surface area (Å²) in [5.74, 6) is -1.66. The van der Waals surface area contributed by atoms with Crippen LogP contribution in [0.5, 0.6) is 0 Å². The van der Waals surface area contributed by atoms with E-state index in [1.807, 2.05) is 30.3 Å². The second kappa shape index (κ2) is 9.30. The molecule has 1 heterocycles. The summed E-state index contributed by atoms with van der Waals surface area (Å²) in [5, 5.41) is 8.43. The Morgan fingerprint density at radius 3 is 2.50 bits per heavy atom. The van der Waals surface area contributed by atoms with Crippen molar-refractivity contribution in [1.82, 2.24) is 16.0 Å². The first kappa shape index (κ1) is 21.8. The largest absolute Gasteiger partial charge is 0.416 e. The third kappa shape index (κ3) is 5.18. The molecular weight excluding hydrogens is 395 g/mol. The summed E-state index contributed by atoms with van der Waals surface area (Å²) in [6, 6.07) is 13.6. The van der Waals surface area contributed by atoms with Gasteiger partial charge in [0, 0.05) is 32.5 Å². The van der Waals surface area contributed by atoms with Crippen LogP contribution < -0.4 is 16.0 Å². The summed E-state index contributed by atoms with van der Waals surface area (Å²) in [6.07, 6.45) is -4.12. The first-order valence-corrected chi connectivity index (χ1v) is 9.73. The number of hydrogen-bond acceptors (Lipinski definition) is 3. The first-order valence-electron chi connectivity index (χ1n) is 9.73. The smallest absolute Gasteiger partial charge is 0.357 e. The van der Waals surface area contributed by atoms with Crippen molar-refractivity contribution >= 4 is 11.8 Å². The standard InChI is InChI=1S/C22H24F3N3O2/c1-26-21(30)19(10-14-6-3-2-4-7-14)28-20(29)18-13-27-12-17(18)15-8-5-9-16(11-15)22(23,24)25/h2-9,11,17-19,27H,10,12-13H2,1H3,(H,26,30)(H,28,29)/t17-,18+,19+/m0/s1. The van der Waals surface area contributed by atoms with Crippen molar-refractivity contribution in [2.24, 2.45) is 5.92 Å². The summed E-state index contributed by atoms with van der Waals surface area (Å²) in [7, 11) is 1.50. The van der Waals surface area contributed by atoms with Crippen molar-refractivity contribution in [1.29, 1.82) is 0 Å². The molecule has 5 nitrogen and oxygen atoms in total. The zero-order chi connectivity index (χ0) is 21.7. The maximum atomic E-state index is 13.1. The molecule has 0 aromatic heterocycles. The molecule has 0 aliphatic carbocycles. The molecule has 1 fully saturated rings. The number of likely N-dealkylation sites (N-methyl/N-ethyl adjacent to an activating group) is 1. The van der Waals surface area contributed by atoms with Gasteiger partial charge in [-0.25, -0.2) is 0 Å². The highest BCUT2D eigenvalue weighted by Crippen LogP contribution is 2.34. The minimum absolute atomic E-state index is 0.320. The van der Waals surface area contributed by atoms with Gasteiger partial charge in [-0.2, -0.15) is 13.2 Å². The van der Waals surface area contributed by atoms with Gasteiger partial charge < -0.3 is 16.0 Å². The van der Waals surface area contributed by atoms with E-state index in [1.54, 1.807) is 6.07 Å². The molecule has 1 aliphatic rings. The highest BCUT2D eigenvalue weighted by molar-refractivity contribution is 5.89. The number of rotatable bonds is 6. The van der Waals surface area contributed by atoms with Crippen LogP contribution in [0, 0.1) is 5.92 Å². The number of hydrogen-bond donors (Lipinski definition) is 3. The fourth-order valence-electron chi connectivity index (χ4n) is 3.76. The predicted molar refractivity (Wildman–Crippen MR) is 107 cm³/mol. The van der Waals surface area contributed by atoms with Gasteiger partial charge in [0.25, 0.3) is 0 Å². The molecule has 3 atom stereocenters. The minimum atomic E-state index is -4.44. The Morgan fingerprint density at radius 1 is 1.10 bits per heavy atom. The van der Waals surface area contributed by atoms with Gasteiger partial charge in [-0.3, -0.25) is 9.59 Å². The fourth-order valence-corrected chi connectivity index (χ4v) is 3.76. The van der Waals surface area contributed by atoms with Crippen molar-refractivity contribution in [3.63, 3.8) is 0 Å². The molecule has 3 rings (SSSR count). The molecule has 0 spiro atoms. The van der Waals surface area contributed by atoms with Gasteiger partial charge in [-0.05, 0) is 17.2 Å². The zero-order valence-corrected chi connectivity index (χ0v) is 16.5. The van der Waals surface area contributed by atoms with Gasteiger partial charge >= 0.3 is 6.18 Å². The molecule has 1 saturated heterocycles. The fraction of sp³-hybridized carbons (Fsp3) is 0.364. The Labute approximate surface area is 173 Å². The van der Waals surface area contributed by atoms with Crippen molar-refractivity contribution < 1.29 is 22.8 Å². The van der Waals surface area contributed by atoms with E-state index >= 15 is 0 Å². The number of amides is 2. The number of carbonyl (C=O) groups excluding carboxylic acids is 2. The van der Waals surface area contributed by atoms with E-state index in [0.717, 1.165) is 17.7 Å². The van der Waals surface area contributed by atoms with Crippen LogP contribution in [-0.2, 0) is 22.2 Å². The summed E-state index contributed by atoms with van der Waals surface area (Å²) >= 11 is 0. The quantitative estimate of drug-likeness (QED) is 0.674. The Hall–Kier alpha value is -2.87. The Kier molecular flexibility index (Phi) is 6.77. The molecule has 0 unspecified atom stereocenters. The Balaban J connectivity index is 1.76. The van der Waals surface area contributed by atoms with E-state index in [1.165, 1.54) is 13.1 Å².